The molecule has 1 aliphatic heterocycles. The van der Waals surface area contributed by atoms with Gasteiger partial charge in [0.1, 0.15) is 0 Å². The summed E-state index contributed by atoms with van der Waals surface area (Å²) in [6.45, 7) is 0. The first-order chi connectivity index (χ1) is 7.77. The molecule has 10 nitrogen and oxygen atoms in total. The van der Waals surface area contributed by atoms with Gasteiger partial charge in [-0.1, -0.05) is 0 Å². The number of thiazole rings is 1. The molecular formula is C3H15N10P3S. The summed E-state index contributed by atoms with van der Waals surface area (Å²) in [5, 5.41) is 2.28. The second-order valence-corrected chi connectivity index (χ2v) is 11.1. The Balaban J connectivity index is 2.58. The average Bonchev–Trinajstić information content (AvgIpc) is 2.66. The summed E-state index contributed by atoms with van der Waals surface area (Å²) in [7, 11) is -7.62. The first kappa shape index (κ1) is 13.7. The maximum absolute atomic E-state index is 6.08. The van der Waals surface area contributed by atoms with Crippen molar-refractivity contribution in [1.82, 2.24) is 9.53 Å². The molecule has 0 bridgehead atoms. The van der Waals surface area contributed by atoms with Gasteiger partial charge in [0.2, 0.25) is 0 Å². The van der Waals surface area contributed by atoms with Gasteiger partial charge in [0.25, 0.3) is 0 Å². The van der Waals surface area contributed by atoms with Gasteiger partial charge in [-0.2, -0.15) is 0 Å². The molecule has 0 spiro atoms. The number of hydrazine groups is 1. The van der Waals surface area contributed by atoms with Gasteiger partial charge < -0.3 is 0 Å². The summed E-state index contributed by atoms with van der Waals surface area (Å²) in [4.78, 5) is 4.10. The minimum atomic E-state index is -3.22. The second kappa shape index (κ2) is 4.41. The Morgan fingerprint density at radius 3 is 2.59 bits per heavy atom. The van der Waals surface area contributed by atoms with E-state index in [0.717, 1.165) is 0 Å². The number of nitrogens with zero attached hydrogens (tertiary/aromatic N) is 4. The Labute approximate surface area is 104 Å². The fourth-order valence-electron chi connectivity index (χ4n) is 1.36. The van der Waals surface area contributed by atoms with Crippen LogP contribution in [0, 0.1) is 0 Å². The zero-order valence-corrected chi connectivity index (χ0v) is 12.3. The van der Waals surface area contributed by atoms with E-state index in [1.54, 1.807) is 11.6 Å². The topological polar surface area (TPSA) is 188 Å². The van der Waals surface area contributed by atoms with Crippen LogP contribution in [-0.2, 0) is 0 Å². The van der Waals surface area contributed by atoms with Gasteiger partial charge in [-0.25, -0.2) is 0 Å². The first-order valence-electron chi connectivity index (χ1n) is 4.34. The molecule has 2 rings (SSSR count). The maximum atomic E-state index is 6.08. The van der Waals surface area contributed by atoms with Crippen LogP contribution in [0.2, 0.25) is 0 Å². The predicted octanol–water partition coefficient (Wildman–Crippen LogP) is -0.485. The summed E-state index contributed by atoms with van der Waals surface area (Å²) in [6.07, 6.45) is 1.60. The van der Waals surface area contributed by atoms with Crippen LogP contribution in [0.5, 0.6) is 0 Å². The van der Waals surface area contributed by atoms with E-state index in [9.17, 15) is 0 Å². The molecule has 1 unspecified atom stereocenters. The summed E-state index contributed by atoms with van der Waals surface area (Å²) in [5.74, 6) is 5.77. The van der Waals surface area contributed by atoms with E-state index in [4.69, 9.17) is 33.4 Å². The van der Waals surface area contributed by atoms with Crippen LogP contribution in [0.4, 0.5) is 5.13 Å². The normalized spacial score (nSPS) is 29.8. The second-order valence-electron chi connectivity index (χ2n) is 3.36. The van der Waals surface area contributed by atoms with Gasteiger partial charge >= 0.3 is 104 Å². The van der Waals surface area contributed by atoms with Gasteiger partial charge in [0.15, 0.2) is 0 Å². The van der Waals surface area contributed by atoms with Crippen molar-refractivity contribution in [3.8, 4) is 0 Å². The van der Waals surface area contributed by atoms with E-state index >= 15 is 0 Å². The molecule has 17 heavy (non-hydrogen) atoms. The van der Waals surface area contributed by atoms with Crippen molar-refractivity contribution in [3.05, 3.63) is 11.6 Å². The van der Waals surface area contributed by atoms with Crippen LogP contribution in [0.1, 0.15) is 0 Å². The number of hydrogen-bond acceptors (Lipinski definition) is 11. The van der Waals surface area contributed by atoms with E-state index in [0.29, 0.717) is 5.13 Å². The Bertz CT molecular complexity index is 451. The van der Waals surface area contributed by atoms with Gasteiger partial charge in [0.05, 0.1) is 0 Å². The van der Waals surface area contributed by atoms with Crippen molar-refractivity contribution in [3.63, 3.8) is 0 Å². The molecule has 0 saturated heterocycles. The molecule has 0 aliphatic carbocycles. The number of anilines is 1. The van der Waals surface area contributed by atoms with Crippen molar-refractivity contribution in [2.45, 2.75) is 0 Å². The van der Waals surface area contributed by atoms with Crippen molar-refractivity contribution >= 4 is 40.2 Å². The molecule has 98 valence electrons. The van der Waals surface area contributed by atoms with Gasteiger partial charge in [-0.15, -0.1) is 0 Å². The van der Waals surface area contributed by atoms with E-state index in [1.165, 1.54) is 20.3 Å². The third-order valence-electron chi connectivity index (χ3n) is 2.08. The fraction of sp³-hybridized carbons (Fsp3) is 0. The molecule has 12 N–H and O–H groups in total. The molecule has 1 aliphatic rings. The quantitative estimate of drug-likeness (QED) is 0.293. The zero-order valence-electron chi connectivity index (χ0n) is 8.71. The third kappa shape index (κ3) is 2.25. The molecule has 0 aromatic carbocycles. The van der Waals surface area contributed by atoms with Crippen molar-refractivity contribution < 1.29 is 0 Å². The predicted molar refractivity (Wildman–Crippen MR) is 76.1 cm³/mol. The summed E-state index contributed by atoms with van der Waals surface area (Å²) in [6, 6.07) is 0. The summed E-state index contributed by atoms with van der Waals surface area (Å²) >= 11 is 1.32. The van der Waals surface area contributed by atoms with Crippen molar-refractivity contribution in [1.29, 1.82) is 0 Å². The van der Waals surface area contributed by atoms with Crippen molar-refractivity contribution in [2.75, 3.05) is 4.44 Å². The fourth-order valence-corrected chi connectivity index (χ4v) is 10.5. The van der Waals surface area contributed by atoms with Gasteiger partial charge in [-0.3, -0.25) is 0 Å². The zero-order chi connectivity index (χ0) is 12.8. The van der Waals surface area contributed by atoms with E-state index in [1.807, 2.05) is 0 Å². The molecular weight excluding hydrogens is 301 g/mol. The molecule has 0 radical (unpaired) electrons. The Kier molecular flexibility index (Phi) is 3.55. The van der Waals surface area contributed by atoms with Gasteiger partial charge in [0, 0.05) is 0 Å². The Morgan fingerprint density at radius 2 is 2.06 bits per heavy atom. The minimum absolute atomic E-state index is 0.516. The van der Waals surface area contributed by atoms with E-state index in [-0.39, 0.29) is 0 Å². The number of hydrogen-bond donors (Lipinski definition) is 6. The number of aromatic nitrogens is 1. The number of nitrogens with two attached hydrogens (primary N) is 6. The van der Waals surface area contributed by atoms with Crippen LogP contribution >= 0.6 is 35.1 Å². The molecule has 1 aromatic heterocycles. The molecule has 0 saturated carbocycles. The summed E-state index contributed by atoms with van der Waals surface area (Å²) in [5.41, 5.74) is 29.9. The van der Waals surface area contributed by atoms with Crippen molar-refractivity contribution in [2.24, 2.45) is 37.9 Å². The van der Waals surface area contributed by atoms with Crippen LogP contribution in [-0.4, -0.2) is 9.53 Å². The SMILES string of the molecule is NN1P(N)N=P(N)(N)N(c2nccs2)[PH]1(N)N. The molecule has 1 atom stereocenters. The van der Waals surface area contributed by atoms with Gasteiger partial charge in [-0.05, 0) is 0 Å². The summed E-state index contributed by atoms with van der Waals surface area (Å²) < 4.78 is 6.76. The monoisotopic (exact) mass is 316 g/mol. The third-order valence-corrected chi connectivity index (χ3v) is 11.4. The molecule has 2 heterocycles. The standard InChI is InChI=1S/C3H15N10P3S/c4-13-14(5)11-15(6,7)12(16(13,8)9)3-10-1-2-17-3/h1-2,16H,4-9H2. The van der Waals surface area contributed by atoms with Crippen LogP contribution in [0.3, 0.4) is 0 Å². The molecule has 1 aromatic rings. The van der Waals surface area contributed by atoms with Crippen LogP contribution in [0.25, 0.3) is 0 Å². The Hall–Kier alpha value is 0.240. The van der Waals surface area contributed by atoms with E-state index < -0.39 is 23.7 Å². The molecule has 0 amide bonds. The first-order valence-corrected chi connectivity index (χ1v) is 10.4. The van der Waals surface area contributed by atoms with E-state index in [2.05, 4.69) is 9.50 Å². The van der Waals surface area contributed by atoms with Crippen LogP contribution < -0.4 is 37.8 Å². The molecule has 0 fully saturated rings. The van der Waals surface area contributed by atoms with Crippen LogP contribution in [0.15, 0.2) is 16.1 Å². The molecule has 14 heteroatoms. The Morgan fingerprint density at radius 1 is 1.41 bits per heavy atom. The average molecular weight is 316 g/mol. The number of rotatable bonds is 1.